The Morgan fingerprint density at radius 1 is 1.50 bits per heavy atom. The Balaban J connectivity index is 3.20. The topological polar surface area (TPSA) is 98.7 Å². The molecule has 7 heteroatoms. The molecule has 0 saturated carbocycles. The average Bonchev–Trinajstić information content (AvgIpc) is 2.41. The van der Waals surface area contributed by atoms with E-state index in [0.29, 0.717) is 0 Å². The molecule has 0 radical (unpaired) electrons. The number of aliphatic carboxylic acids is 1. The SMILES string of the molecule is CCOC(=O)c1c(C)oc(=O)n1CC(=O)O. The lowest BCUT2D eigenvalue weighted by atomic mass is 10.3. The maximum atomic E-state index is 11.4. The largest absolute Gasteiger partial charge is 0.480 e. The quantitative estimate of drug-likeness (QED) is 0.730. The summed E-state index contributed by atoms with van der Waals surface area (Å²) in [4.78, 5) is 33.2. The number of oxazole rings is 1. The van der Waals surface area contributed by atoms with E-state index in [-0.39, 0.29) is 18.1 Å². The molecule has 1 aromatic heterocycles. The average molecular weight is 229 g/mol. The monoisotopic (exact) mass is 229 g/mol. The van der Waals surface area contributed by atoms with Crippen LogP contribution in [-0.2, 0) is 16.1 Å². The Morgan fingerprint density at radius 3 is 2.62 bits per heavy atom. The summed E-state index contributed by atoms with van der Waals surface area (Å²) in [6.07, 6.45) is 0. The number of hydrogen-bond donors (Lipinski definition) is 1. The minimum absolute atomic E-state index is 0.0460. The summed E-state index contributed by atoms with van der Waals surface area (Å²) in [6, 6.07) is 0. The summed E-state index contributed by atoms with van der Waals surface area (Å²) in [5.74, 6) is -2.85. The Morgan fingerprint density at radius 2 is 2.12 bits per heavy atom. The predicted octanol–water partition coefficient (Wildman–Crippen LogP) is 0.0110. The van der Waals surface area contributed by atoms with E-state index in [0.717, 1.165) is 4.57 Å². The van der Waals surface area contributed by atoms with Crippen molar-refractivity contribution in [2.45, 2.75) is 20.4 Å². The lowest BCUT2D eigenvalue weighted by molar-refractivity contribution is -0.137. The van der Waals surface area contributed by atoms with Crippen molar-refractivity contribution in [1.82, 2.24) is 4.57 Å². The first-order chi connectivity index (χ1) is 7.47. The lowest BCUT2D eigenvalue weighted by Gasteiger charge is -2.03. The second-order valence-electron chi connectivity index (χ2n) is 2.97. The lowest BCUT2D eigenvalue weighted by Crippen LogP contribution is -2.24. The van der Waals surface area contributed by atoms with Gasteiger partial charge < -0.3 is 14.3 Å². The van der Waals surface area contributed by atoms with Crippen LogP contribution in [0.3, 0.4) is 0 Å². The molecule has 0 aliphatic rings. The minimum Gasteiger partial charge on any atom is -0.480 e. The number of carbonyl (C=O) groups is 2. The molecule has 0 atom stereocenters. The van der Waals surface area contributed by atoms with E-state index in [1.807, 2.05) is 0 Å². The fourth-order valence-electron chi connectivity index (χ4n) is 1.25. The zero-order valence-corrected chi connectivity index (χ0v) is 8.85. The normalized spacial score (nSPS) is 10.1. The van der Waals surface area contributed by atoms with Gasteiger partial charge in [-0.15, -0.1) is 0 Å². The summed E-state index contributed by atoms with van der Waals surface area (Å²) in [7, 11) is 0. The van der Waals surface area contributed by atoms with Crippen LogP contribution in [0.15, 0.2) is 9.21 Å². The molecule has 0 bridgehead atoms. The zero-order valence-electron chi connectivity index (χ0n) is 8.85. The molecule has 1 N–H and O–H groups in total. The molecule has 0 unspecified atom stereocenters. The van der Waals surface area contributed by atoms with Crippen molar-refractivity contribution in [3.8, 4) is 0 Å². The summed E-state index contributed by atoms with van der Waals surface area (Å²) in [5, 5.41) is 8.58. The number of carboxylic acid groups (broad SMARTS) is 1. The van der Waals surface area contributed by atoms with Crippen LogP contribution in [0.4, 0.5) is 0 Å². The van der Waals surface area contributed by atoms with Crippen LogP contribution in [-0.4, -0.2) is 28.2 Å². The molecule has 0 aliphatic carbocycles. The van der Waals surface area contributed by atoms with Crippen molar-refractivity contribution in [2.75, 3.05) is 6.61 Å². The number of esters is 1. The summed E-state index contributed by atoms with van der Waals surface area (Å²) in [6.45, 7) is 2.49. The smallest absolute Gasteiger partial charge is 0.420 e. The zero-order chi connectivity index (χ0) is 12.3. The van der Waals surface area contributed by atoms with Gasteiger partial charge in [-0.1, -0.05) is 0 Å². The number of aryl methyl sites for hydroxylation is 1. The predicted molar refractivity (Wildman–Crippen MR) is 51.3 cm³/mol. The molecule has 0 saturated heterocycles. The molecule has 0 aliphatic heterocycles. The number of rotatable bonds is 4. The summed E-state index contributed by atoms with van der Waals surface area (Å²) >= 11 is 0. The van der Waals surface area contributed by atoms with Crippen molar-refractivity contribution < 1.29 is 23.8 Å². The van der Waals surface area contributed by atoms with Crippen LogP contribution >= 0.6 is 0 Å². The number of hydrogen-bond acceptors (Lipinski definition) is 5. The maximum Gasteiger partial charge on any atom is 0.420 e. The van der Waals surface area contributed by atoms with Crippen LogP contribution in [0.5, 0.6) is 0 Å². The van der Waals surface area contributed by atoms with E-state index in [9.17, 15) is 14.4 Å². The standard InChI is InChI=1S/C9H11NO6/c1-3-15-8(13)7-5(2)16-9(14)10(7)4-6(11)12/h3-4H2,1-2H3,(H,11,12). The third kappa shape index (κ3) is 2.30. The van der Waals surface area contributed by atoms with Gasteiger partial charge in [0.15, 0.2) is 5.69 Å². The van der Waals surface area contributed by atoms with Crippen LogP contribution in [0.25, 0.3) is 0 Å². The summed E-state index contributed by atoms with van der Waals surface area (Å²) in [5.41, 5.74) is -0.158. The molecular formula is C9H11NO6. The third-order valence-corrected chi connectivity index (χ3v) is 1.83. The van der Waals surface area contributed by atoms with Crippen LogP contribution in [0.1, 0.15) is 23.2 Å². The van der Waals surface area contributed by atoms with Crippen molar-refractivity contribution in [2.24, 2.45) is 0 Å². The fraction of sp³-hybridized carbons (Fsp3) is 0.444. The number of ether oxygens (including phenoxy) is 1. The van der Waals surface area contributed by atoms with Crippen LogP contribution in [0, 0.1) is 6.92 Å². The van der Waals surface area contributed by atoms with Crippen LogP contribution in [0.2, 0.25) is 0 Å². The summed E-state index contributed by atoms with van der Waals surface area (Å²) < 4.78 is 10.1. The second kappa shape index (κ2) is 4.65. The highest BCUT2D eigenvalue weighted by Crippen LogP contribution is 2.07. The second-order valence-corrected chi connectivity index (χ2v) is 2.97. The molecule has 0 amide bonds. The molecular weight excluding hydrogens is 218 g/mol. The number of carbonyl (C=O) groups excluding carboxylic acids is 1. The third-order valence-electron chi connectivity index (χ3n) is 1.83. The van der Waals surface area contributed by atoms with Crippen molar-refractivity contribution in [3.63, 3.8) is 0 Å². The van der Waals surface area contributed by atoms with E-state index in [1.54, 1.807) is 6.92 Å². The van der Waals surface area contributed by atoms with Crippen molar-refractivity contribution in [1.29, 1.82) is 0 Å². The molecule has 1 aromatic rings. The first kappa shape index (κ1) is 12.0. The van der Waals surface area contributed by atoms with Gasteiger partial charge in [0.2, 0.25) is 0 Å². The van der Waals surface area contributed by atoms with Gasteiger partial charge in [-0.05, 0) is 13.8 Å². The molecule has 0 aromatic carbocycles. The van der Waals surface area contributed by atoms with E-state index in [1.165, 1.54) is 6.92 Å². The van der Waals surface area contributed by atoms with Crippen LogP contribution < -0.4 is 5.76 Å². The van der Waals surface area contributed by atoms with E-state index < -0.39 is 24.2 Å². The highest BCUT2D eigenvalue weighted by molar-refractivity contribution is 5.89. The first-order valence-corrected chi connectivity index (χ1v) is 4.56. The Hall–Kier alpha value is -2.05. The minimum atomic E-state index is -1.24. The first-order valence-electron chi connectivity index (χ1n) is 4.56. The van der Waals surface area contributed by atoms with Gasteiger partial charge in [0.25, 0.3) is 0 Å². The van der Waals surface area contributed by atoms with Crippen molar-refractivity contribution >= 4 is 11.9 Å². The molecule has 7 nitrogen and oxygen atoms in total. The fourth-order valence-corrected chi connectivity index (χ4v) is 1.25. The van der Waals surface area contributed by atoms with E-state index >= 15 is 0 Å². The molecule has 1 rings (SSSR count). The van der Waals surface area contributed by atoms with E-state index in [2.05, 4.69) is 4.42 Å². The van der Waals surface area contributed by atoms with Gasteiger partial charge in [0.05, 0.1) is 6.61 Å². The Bertz CT molecular complexity index is 469. The van der Waals surface area contributed by atoms with Gasteiger partial charge in [0, 0.05) is 0 Å². The number of aromatic nitrogens is 1. The van der Waals surface area contributed by atoms with Gasteiger partial charge in [-0.25, -0.2) is 9.59 Å². The molecule has 0 fully saturated rings. The highest BCUT2D eigenvalue weighted by Gasteiger charge is 2.22. The molecule has 88 valence electrons. The molecule has 0 spiro atoms. The number of nitrogens with zero attached hydrogens (tertiary/aromatic N) is 1. The Labute approximate surface area is 90.2 Å². The van der Waals surface area contributed by atoms with Gasteiger partial charge in [0.1, 0.15) is 12.3 Å². The molecule has 16 heavy (non-hydrogen) atoms. The van der Waals surface area contributed by atoms with Gasteiger partial charge in [-0.3, -0.25) is 9.36 Å². The number of carboxylic acids is 1. The van der Waals surface area contributed by atoms with E-state index in [4.69, 9.17) is 9.84 Å². The maximum absolute atomic E-state index is 11.4. The van der Waals surface area contributed by atoms with Gasteiger partial charge >= 0.3 is 17.7 Å². The Kier molecular flexibility index (Phi) is 3.49. The molecule has 1 heterocycles. The van der Waals surface area contributed by atoms with Gasteiger partial charge in [-0.2, -0.15) is 0 Å². The van der Waals surface area contributed by atoms with Crippen molar-refractivity contribution in [3.05, 3.63) is 22.0 Å². The highest BCUT2D eigenvalue weighted by atomic mass is 16.5.